The van der Waals surface area contributed by atoms with Crippen molar-refractivity contribution >= 4 is 43.5 Å². The Labute approximate surface area is 197 Å². The van der Waals surface area contributed by atoms with E-state index in [2.05, 4.69) is 90.1 Å². The summed E-state index contributed by atoms with van der Waals surface area (Å²) in [7, 11) is 0. The Hall–Kier alpha value is -2.42. The van der Waals surface area contributed by atoms with Crippen molar-refractivity contribution in [3.8, 4) is 20.9 Å². The van der Waals surface area contributed by atoms with Crippen LogP contribution in [0.15, 0.2) is 48.5 Å². The molecule has 0 aliphatic heterocycles. The van der Waals surface area contributed by atoms with Crippen molar-refractivity contribution in [3.63, 3.8) is 0 Å². The Bertz CT molecular complexity index is 1640. The molecule has 0 spiro atoms. The summed E-state index contributed by atoms with van der Waals surface area (Å²) in [6, 6.07) is 19.0. The zero-order valence-electron chi connectivity index (χ0n) is 19.4. The molecular formula is C30H26S2. The molecule has 2 heterocycles. The molecule has 32 heavy (non-hydrogen) atoms. The second-order valence-corrected chi connectivity index (χ2v) is 13.0. The monoisotopic (exact) mass is 450 g/mol. The van der Waals surface area contributed by atoms with Gasteiger partial charge in [-0.15, -0.1) is 22.7 Å². The van der Waals surface area contributed by atoms with Gasteiger partial charge in [0.15, 0.2) is 0 Å². The maximum absolute atomic E-state index is 2.43. The van der Waals surface area contributed by atoms with Crippen LogP contribution in [0.2, 0.25) is 0 Å². The molecule has 0 saturated heterocycles. The van der Waals surface area contributed by atoms with Crippen LogP contribution in [0, 0.1) is 13.8 Å². The summed E-state index contributed by atoms with van der Waals surface area (Å²) in [6.45, 7) is 14.1. The van der Waals surface area contributed by atoms with E-state index in [4.69, 9.17) is 0 Å². The van der Waals surface area contributed by atoms with E-state index >= 15 is 0 Å². The highest BCUT2D eigenvalue weighted by molar-refractivity contribution is 7.22. The van der Waals surface area contributed by atoms with Gasteiger partial charge in [0, 0.05) is 30.2 Å². The van der Waals surface area contributed by atoms with Crippen molar-refractivity contribution in [2.24, 2.45) is 0 Å². The van der Waals surface area contributed by atoms with Crippen LogP contribution in [0.4, 0.5) is 0 Å². The largest absolute Gasteiger partial charge is 0.140 e. The average Bonchev–Trinajstić information content (AvgIpc) is 3.42. The average molecular weight is 451 g/mol. The molecule has 2 aliphatic rings. The van der Waals surface area contributed by atoms with Gasteiger partial charge in [-0.25, -0.2) is 0 Å². The summed E-state index contributed by atoms with van der Waals surface area (Å²) < 4.78 is 1.42. The van der Waals surface area contributed by atoms with Gasteiger partial charge < -0.3 is 0 Å². The smallest absolute Gasteiger partial charge is 0.0399 e. The van der Waals surface area contributed by atoms with Crippen LogP contribution in [-0.2, 0) is 10.8 Å². The Balaban J connectivity index is 1.57. The molecule has 2 aromatic heterocycles. The van der Waals surface area contributed by atoms with Gasteiger partial charge in [0.25, 0.3) is 0 Å². The molecule has 0 fully saturated rings. The van der Waals surface area contributed by atoms with Crippen molar-refractivity contribution < 1.29 is 0 Å². The maximum Gasteiger partial charge on any atom is 0.0399 e. The van der Waals surface area contributed by atoms with Crippen LogP contribution in [-0.4, -0.2) is 0 Å². The van der Waals surface area contributed by atoms with E-state index in [1.165, 1.54) is 74.4 Å². The Kier molecular flexibility index (Phi) is 3.42. The standard InChI is InChI=1S/C30H26S2/c1-15-7-8-19-23(13-15)32-28-21-12-10-17-18(25(21)30(5,6)26(19)28)9-11-20-24(17)29(3,4)22-14-16(2)31-27(20)22/h7-14H,1-6H3. The first-order chi connectivity index (χ1) is 15.2. The van der Waals surface area contributed by atoms with E-state index in [1.54, 1.807) is 0 Å². The fourth-order valence-corrected chi connectivity index (χ4v) is 9.28. The van der Waals surface area contributed by atoms with E-state index in [1.807, 2.05) is 22.7 Å². The third-order valence-electron chi connectivity index (χ3n) is 7.94. The number of benzene rings is 3. The normalized spacial score (nSPS) is 16.9. The van der Waals surface area contributed by atoms with Gasteiger partial charge >= 0.3 is 0 Å². The first-order valence-electron chi connectivity index (χ1n) is 11.5. The SMILES string of the molecule is Cc1ccc2c3c(sc2c1)-c1ccc2c4c(ccc2c1C3(C)C)-c1sc(C)cc1C4(C)C. The molecule has 5 aromatic rings. The van der Waals surface area contributed by atoms with Crippen molar-refractivity contribution in [2.45, 2.75) is 52.4 Å². The lowest BCUT2D eigenvalue weighted by atomic mass is 9.76. The van der Waals surface area contributed by atoms with Gasteiger partial charge in [0.05, 0.1) is 0 Å². The van der Waals surface area contributed by atoms with Crippen LogP contribution in [0.25, 0.3) is 41.7 Å². The summed E-state index contributed by atoms with van der Waals surface area (Å²) in [5.41, 5.74) is 10.3. The molecule has 3 aromatic carbocycles. The van der Waals surface area contributed by atoms with E-state index < -0.39 is 0 Å². The number of fused-ring (bicyclic) bond motifs is 11. The van der Waals surface area contributed by atoms with E-state index in [0.29, 0.717) is 0 Å². The highest BCUT2D eigenvalue weighted by Gasteiger charge is 2.43. The molecule has 2 aliphatic carbocycles. The lowest BCUT2D eigenvalue weighted by molar-refractivity contribution is 0.664. The molecule has 158 valence electrons. The lowest BCUT2D eigenvalue weighted by Crippen LogP contribution is -2.17. The second kappa shape index (κ2) is 5.73. The number of rotatable bonds is 0. The van der Waals surface area contributed by atoms with Crippen LogP contribution >= 0.6 is 22.7 Å². The fraction of sp³-hybridized carbons (Fsp3) is 0.267. The molecule has 0 N–H and O–H groups in total. The highest BCUT2D eigenvalue weighted by atomic mass is 32.1. The summed E-state index contributed by atoms with van der Waals surface area (Å²) >= 11 is 3.92. The van der Waals surface area contributed by atoms with Gasteiger partial charge in [0.2, 0.25) is 0 Å². The first-order valence-corrected chi connectivity index (χ1v) is 13.1. The Morgan fingerprint density at radius 3 is 1.94 bits per heavy atom. The minimum Gasteiger partial charge on any atom is -0.140 e. The molecule has 7 rings (SSSR count). The first kappa shape index (κ1) is 19.1. The number of aryl methyl sites for hydroxylation is 2. The predicted octanol–water partition coefficient (Wildman–Crippen LogP) is 9.35. The fourth-order valence-electron chi connectivity index (χ4n) is 6.58. The van der Waals surface area contributed by atoms with E-state index in [9.17, 15) is 0 Å². The van der Waals surface area contributed by atoms with Gasteiger partial charge in [-0.05, 0) is 81.1 Å². The third kappa shape index (κ3) is 2.09. The van der Waals surface area contributed by atoms with Crippen molar-refractivity contribution in [1.29, 1.82) is 0 Å². The van der Waals surface area contributed by atoms with Crippen LogP contribution in [0.3, 0.4) is 0 Å². The van der Waals surface area contributed by atoms with Gasteiger partial charge in [-0.1, -0.05) is 64.1 Å². The molecule has 0 nitrogen and oxygen atoms in total. The topological polar surface area (TPSA) is 0 Å². The molecule has 0 atom stereocenters. The minimum absolute atomic E-state index is 0.00390. The zero-order valence-corrected chi connectivity index (χ0v) is 21.1. The summed E-state index contributed by atoms with van der Waals surface area (Å²) in [5, 5.41) is 4.31. The number of hydrogen-bond donors (Lipinski definition) is 0. The summed E-state index contributed by atoms with van der Waals surface area (Å²) in [5.74, 6) is 0. The number of thiophene rings is 2. The van der Waals surface area contributed by atoms with Gasteiger partial charge in [0.1, 0.15) is 0 Å². The predicted molar refractivity (Wildman–Crippen MR) is 142 cm³/mol. The Morgan fingerprint density at radius 1 is 0.594 bits per heavy atom. The summed E-state index contributed by atoms with van der Waals surface area (Å²) in [4.78, 5) is 4.36. The van der Waals surface area contributed by atoms with Crippen LogP contribution in [0.5, 0.6) is 0 Å². The van der Waals surface area contributed by atoms with Gasteiger partial charge in [-0.2, -0.15) is 0 Å². The minimum atomic E-state index is -0.00390. The Morgan fingerprint density at radius 2 is 1.22 bits per heavy atom. The number of hydrogen-bond acceptors (Lipinski definition) is 2. The van der Waals surface area contributed by atoms with Gasteiger partial charge in [-0.3, -0.25) is 0 Å². The molecule has 0 bridgehead atoms. The molecule has 0 radical (unpaired) electrons. The molecular weight excluding hydrogens is 424 g/mol. The zero-order chi connectivity index (χ0) is 22.2. The lowest BCUT2D eigenvalue weighted by Gasteiger charge is -2.27. The third-order valence-corrected chi connectivity index (χ3v) is 10.2. The molecule has 0 saturated carbocycles. The van der Waals surface area contributed by atoms with E-state index in [0.717, 1.165) is 0 Å². The molecule has 2 heteroatoms. The van der Waals surface area contributed by atoms with Crippen molar-refractivity contribution in [3.05, 3.63) is 81.2 Å². The van der Waals surface area contributed by atoms with Crippen LogP contribution < -0.4 is 0 Å². The highest BCUT2D eigenvalue weighted by Crippen LogP contribution is 2.60. The van der Waals surface area contributed by atoms with Crippen molar-refractivity contribution in [1.82, 2.24) is 0 Å². The maximum atomic E-state index is 2.43. The summed E-state index contributed by atoms with van der Waals surface area (Å²) in [6.07, 6.45) is 0. The van der Waals surface area contributed by atoms with E-state index in [-0.39, 0.29) is 10.8 Å². The quantitative estimate of drug-likeness (QED) is 0.220. The molecule has 0 unspecified atom stereocenters. The second-order valence-electron chi connectivity index (χ2n) is 10.7. The molecule has 0 amide bonds. The van der Waals surface area contributed by atoms with Crippen LogP contribution in [0.1, 0.15) is 60.4 Å². The van der Waals surface area contributed by atoms with Crippen molar-refractivity contribution in [2.75, 3.05) is 0 Å².